The number of amides is 1. The van der Waals surface area contributed by atoms with Crippen LogP contribution in [0, 0.1) is 4.77 Å². The lowest BCUT2D eigenvalue weighted by molar-refractivity contribution is 0.0690. The Hall–Kier alpha value is -2.23. The van der Waals surface area contributed by atoms with Crippen LogP contribution < -0.4 is 0 Å². The minimum atomic E-state index is -0.227. The van der Waals surface area contributed by atoms with Gasteiger partial charge in [-0.15, -0.1) is 0 Å². The molecule has 4 rings (SSSR count). The summed E-state index contributed by atoms with van der Waals surface area (Å²) in [7, 11) is 0. The summed E-state index contributed by atoms with van der Waals surface area (Å²) >= 11 is 5.84. The Morgan fingerprint density at radius 3 is 2.40 bits per heavy atom. The molecule has 0 atom stereocenters. The molecule has 3 heterocycles. The van der Waals surface area contributed by atoms with Crippen LogP contribution in [0.4, 0.5) is 4.79 Å². The highest BCUT2D eigenvalue weighted by atomic mass is 32.1. The lowest BCUT2D eigenvalue weighted by Crippen LogP contribution is -2.49. The fraction of sp³-hybridized carbons (Fsp3) is 0.571. The number of hydrogen-bond donors (Lipinski definition) is 0. The van der Waals surface area contributed by atoms with Crippen LogP contribution in [0.2, 0.25) is 0 Å². The van der Waals surface area contributed by atoms with Crippen LogP contribution in [-0.4, -0.2) is 81.0 Å². The Morgan fingerprint density at radius 1 is 1.03 bits per heavy atom. The van der Waals surface area contributed by atoms with Crippen LogP contribution in [0.3, 0.4) is 0 Å². The zero-order valence-electron chi connectivity index (χ0n) is 17.6. The highest BCUT2D eigenvalue weighted by Gasteiger charge is 2.24. The normalized spacial score (nSPS) is 18.1. The first-order valence-electron chi connectivity index (χ1n) is 10.8. The third-order valence-electron chi connectivity index (χ3n) is 5.72. The second kappa shape index (κ2) is 9.72. The molecule has 2 aliphatic heterocycles. The smallest absolute Gasteiger partial charge is 0.409 e. The van der Waals surface area contributed by atoms with Crippen molar-refractivity contribution < 1.29 is 9.53 Å². The number of rotatable bonds is 6. The molecule has 0 spiro atoms. The standard InChI is InChI=1S/C21H30N6O2S/c1-2-29-21(28)25-14-12-24(13-15-25)17-26-20(30)27(18-8-4-3-5-9-18)19(22-26)16-23-10-6-7-11-23/h3-5,8-9H,2,6-7,10-17H2,1H3. The molecule has 8 nitrogen and oxygen atoms in total. The second-order valence-corrected chi connectivity index (χ2v) is 8.16. The molecule has 0 unspecified atom stereocenters. The third-order valence-corrected chi connectivity index (χ3v) is 6.11. The Bertz CT molecular complexity index is 898. The number of carbonyl (C=O) groups is 1. The molecular weight excluding hydrogens is 400 g/mol. The maximum atomic E-state index is 11.9. The zero-order valence-corrected chi connectivity index (χ0v) is 18.4. The van der Waals surface area contributed by atoms with Crippen molar-refractivity contribution in [3.63, 3.8) is 0 Å². The fourth-order valence-corrected chi connectivity index (χ4v) is 4.41. The summed E-state index contributed by atoms with van der Waals surface area (Å²) in [6.07, 6.45) is 2.27. The lowest BCUT2D eigenvalue weighted by atomic mass is 10.3. The van der Waals surface area contributed by atoms with Crippen molar-refractivity contribution in [2.45, 2.75) is 33.0 Å². The van der Waals surface area contributed by atoms with E-state index in [-0.39, 0.29) is 6.09 Å². The first kappa shape index (κ1) is 21.0. The molecule has 0 saturated carbocycles. The molecule has 1 amide bonds. The van der Waals surface area contributed by atoms with E-state index in [0.717, 1.165) is 44.2 Å². The fourth-order valence-electron chi connectivity index (χ4n) is 4.10. The van der Waals surface area contributed by atoms with Gasteiger partial charge >= 0.3 is 6.09 Å². The van der Waals surface area contributed by atoms with Crippen LogP contribution in [0.15, 0.2) is 30.3 Å². The number of piperazine rings is 1. The number of carbonyl (C=O) groups excluding carboxylic acids is 1. The van der Waals surface area contributed by atoms with Gasteiger partial charge < -0.3 is 9.64 Å². The molecule has 2 aliphatic rings. The predicted octanol–water partition coefficient (Wildman–Crippen LogP) is 2.73. The van der Waals surface area contributed by atoms with E-state index in [0.29, 0.717) is 31.1 Å². The van der Waals surface area contributed by atoms with E-state index in [1.54, 1.807) is 4.90 Å². The van der Waals surface area contributed by atoms with E-state index in [1.807, 2.05) is 29.8 Å². The number of likely N-dealkylation sites (tertiary alicyclic amines) is 1. The Kier molecular flexibility index (Phi) is 6.81. The number of benzene rings is 1. The van der Waals surface area contributed by atoms with Gasteiger partial charge in [-0.25, -0.2) is 9.48 Å². The van der Waals surface area contributed by atoms with Crippen LogP contribution >= 0.6 is 12.2 Å². The molecule has 2 aromatic rings. The SMILES string of the molecule is CCOC(=O)N1CCN(Cn2nc(CN3CCCC3)n(-c3ccccc3)c2=S)CC1. The highest BCUT2D eigenvalue weighted by molar-refractivity contribution is 7.71. The highest BCUT2D eigenvalue weighted by Crippen LogP contribution is 2.17. The number of ether oxygens (including phenoxy) is 1. The van der Waals surface area contributed by atoms with E-state index < -0.39 is 0 Å². The van der Waals surface area contributed by atoms with Gasteiger partial charge in [-0.1, -0.05) is 18.2 Å². The average molecular weight is 431 g/mol. The van der Waals surface area contributed by atoms with Crippen molar-refractivity contribution in [3.05, 3.63) is 40.9 Å². The van der Waals surface area contributed by atoms with Crippen molar-refractivity contribution in [1.82, 2.24) is 29.0 Å². The summed E-state index contributed by atoms with van der Waals surface area (Å²) < 4.78 is 9.85. The third kappa shape index (κ3) is 4.74. The molecule has 2 fully saturated rings. The van der Waals surface area contributed by atoms with Gasteiger partial charge in [-0.3, -0.25) is 14.4 Å². The Morgan fingerprint density at radius 2 is 1.73 bits per heavy atom. The van der Waals surface area contributed by atoms with Gasteiger partial charge in [0.1, 0.15) is 0 Å². The van der Waals surface area contributed by atoms with Crippen molar-refractivity contribution in [3.8, 4) is 5.69 Å². The average Bonchev–Trinajstić information content (AvgIpc) is 3.38. The van der Waals surface area contributed by atoms with E-state index in [9.17, 15) is 4.79 Å². The topological polar surface area (TPSA) is 58.8 Å². The Balaban J connectivity index is 1.50. The van der Waals surface area contributed by atoms with E-state index in [2.05, 4.69) is 26.5 Å². The molecule has 0 aliphatic carbocycles. The van der Waals surface area contributed by atoms with Crippen LogP contribution in [0.1, 0.15) is 25.6 Å². The minimum Gasteiger partial charge on any atom is -0.450 e. The largest absolute Gasteiger partial charge is 0.450 e. The second-order valence-electron chi connectivity index (χ2n) is 7.80. The molecule has 0 bridgehead atoms. The number of aromatic nitrogens is 3. The van der Waals surface area contributed by atoms with Gasteiger partial charge in [-0.2, -0.15) is 5.10 Å². The molecule has 9 heteroatoms. The Labute approximate surface area is 182 Å². The first-order valence-corrected chi connectivity index (χ1v) is 11.2. The van der Waals surface area contributed by atoms with Crippen molar-refractivity contribution in [2.75, 3.05) is 45.9 Å². The molecule has 30 heavy (non-hydrogen) atoms. The number of hydrogen-bond acceptors (Lipinski definition) is 6. The molecule has 1 aromatic carbocycles. The quantitative estimate of drug-likeness (QED) is 0.657. The molecule has 2 saturated heterocycles. The number of nitrogens with zero attached hydrogens (tertiary/aromatic N) is 6. The van der Waals surface area contributed by atoms with Crippen LogP contribution in [-0.2, 0) is 18.0 Å². The molecular formula is C21H30N6O2S. The molecule has 0 radical (unpaired) electrons. The molecule has 1 aromatic heterocycles. The minimum absolute atomic E-state index is 0.227. The van der Waals surface area contributed by atoms with E-state index in [4.69, 9.17) is 22.1 Å². The van der Waals surface area contributed by atoms with E-state index >= 15 is 0 Å². The summed E-state index contributed by atoms with van der Waals surface area (Å²) in [5.41, 5.74) is 1.05. The van der Waals surface area contributed by atoms with Crippen molar-refractivity contribution >= 4 is 18.3 Å². The maximum absolute atomic E-state index is 11.9. The van der Waals surface area contributed by atoms with Crippen molar-refractivity contribution in [1.29, 1.82) is 0 Å². The summed E-state index contributed by atoms with van der Waals surface area (Å²) in [4.78, 5) is 18.4. The van der Waals surface area contributed by atoms with Crippen LogP contribution in [0.25, 0.3) is 5.69 Å². The summed E-state index contributed by atoms with van der Waals surface area (Å²) in [5, 5.41) is 4.91. The molecule has 162 valence electrons. The van der Waals surface area contributed by atoms with Crippen LogP contribution in [0.5, 0.6) is 0 Å². The molecule has 0 N–H and O–H groups in total. The van der Waals surface area contributed by atoms with Gasteiger partial charge in [-0.05, 0) is 57.2 Å². The van der Waals surface area contributed by atoms with Gasteiger partial charge in [0.05, 0.1) is 19.8 Å². The summed E-state index contributed by atoms with van der Waals surface area (Å²) in [6, 6.07) is 10.2. The zero-order chi connectivity index (χ0) is 20.9. The first-order chi connectivity index (χ1) is 14.7. The summed E-state index contributed by atoms with van der Waals surface area (Å²) in [5.74, 6) is 0.984. The monoisotopic (exact) mass is 430 g/mol. The maximum Gasteiger partial charge on any atom is 0.409 e. The van der Waals surface area contributed by atoms with Gasteiger partial charge in [0, 0.05) is 31.9 Å². The predicted molar refractivity (Wildman–Crippen MR) is 117 cm³/mol. The van der Waals surface area contributed by atoms with E-state index in [1.165, 1.54) is 12.8 Å². The lowest BCUT2D eigenvalue weighted by Gasteiger charge is -2.33. The number of para-hydroxylation sites is 1. The summed E-state index contributed by atoms with van der Waals surface area (Å²) in [6.45, 7) is 8.78. The van der Waals surface area contributed by atoms with Gasteiger partial charge in [0.2, 0.25) is 4.77 Å². The van der Waals surface area contributed by atoms with Gasteiger partial charge in [0.25, 0.3) is 0 Å². The van der Waals surface area contributed by atoms with Gasteiger partial charge in [0.15, 0.2) is 5.82 Å². The van der Waals surface area contributed by atoms with Crippen molar-refractivity contribution in [2.24, 2.45) is 0 Å².